The van der Waals surface area contributed by atoms with Crippen molar-refractivity contribution in [3.8, 4) is 0 Å². The van der Waals surface area contributed by atoms with Crippen LogP contribution in [0.1, 0.15) is 28.2 Å². The molecule has 1 fully saturated rings. The van der Waals surface area contributed by atoms with Crippen molar-refractivity contribution in [1.82, 2.24) is 9.62 Å². The third kappa shape index (κ3) is 5.55. The SMILES string of the molecule is CC(NC(=O)c1sccc1S(=O)(=O)N1CCSCC1)c1cccc(NS(C)(=O)=O)c1. The van der Waals surface area contributed by atoms with E-state index in [1.807, 2.05) is 0 Å². The molecular weight excluding hydrogens is 466 g/mol. The summed E-state index contributed by atoms with van der Waals surface area (Å²) in [7, 11) is -7.15. The molecule has 0 spiro atoms. The molecule has 2 N–H and O–H groups in total. The molecular formula is C18H23N3O5S4. The summed E-state index contributed by atoms with van der Waals surface area (Å²) in [5, 5.41) is 4.41. The second-order valence-electron chi connectivity index (χ2n) is 6.83. The fourth-order valence-electron chi connectivity index (χ4n) is 3.02. The first-order valence-electron chi connectivity index (χ1n) is 9.12. The van der Waals surface area contributed by atoms with Gasteiger partial charge in [0.1, 0.15) is 9.77 Å². The Morgan fingerprint density at radius 2 is 1.83 bits per heavy atom. The number of hydrogen-bond donors (Lipinski definition) is 2. The number of carbonyl (C=O) groups excluding carboxylic acids is 1. The van der Waals surface area contributed by atoms with E-state index in [-0.39, 0.29) is 9.77 Å². The molecule has 1 aromatic heterocycles. The maximum absolute atomic E-state index is 13.0. The first-order valence-corrected chi connectivity index (χ1v) is 14.5. The van der Waals surface area contributed by atoms with Gasteiger partial charge < -0.3 is 5.32 Å². The second kappa shape index (κ2) is 9.27. The highest BCUT2D eigenvalue weighted by atomic mass is 32.2. The smallest absolute Gasteiger partial charge is 0.263 e. The van der Waals surface area contributed by atoms with Gasteiger partial charge in [0.25, 0.3) is 5.91 Å². The normalized spacial score (nSPS) is 16.7. The predicted molar refractivity (Wildman–Crippen MR) is 121 cm³/mol. The number of nitrogens with one attached hydrogen (secondary N) is 2. The molecule has 0 saturated carbocycles. The third-order valence-electron chi connectivity index (χ3n) is 4.46. The summed E-state index contributed by atoms with van der Waals surface area (Å²) < 4.78 is 52.7. The summed E-state index contributed by atoms with van der Waals surface area (Å²) in [6.45, 7) is 2.61. The van der Waals surface area contributed by atoms with Gasteiger partial charge in [-0.25, -0.2) is 16.8 Å². The van der Waals surface area contributed by atoms with E-state index in [1.54, 1.807) is 48.3 Å². The number of nitrogens with zero attached hydrogens (tertiary/aromatic N) is 1. The van der Waals surface area contributed by atoms with Gasteiger partial charge in [-0.05, 0) is 36.1 Å². The summed E-state index contributed by atoms with van der Waals surface area (Å²) in [5.74, 6) is 0.989. The zero-order chi connectivity index (χ0) is 21.9. The minimum atomic E-state index is -3.73. The topological polar surface area (TPSA) is 113 Å². The van der Waals surface area contributed by atoms with Crippen LogP contribution in [-0.2, 0) is 20.0 Å². The molecule has 30 heavy (non-hydrogen) atoms. The maximum Gasteiger partial charge on any atom is 0.263 e. The van der Waals surface area contributed by atoms with Crippen LogP contribution in [0.4, 0.5) is 5.69 Å². The summed E-state index contributed by atoms with van der Waals surface area (Å²) in [6.07, 6.45) is 1.06. The van der Waals surface area contributed by atoms with Crippen LogP contribution in [0.2, 0.25) is 0 Å². The summed E-state index contributed by atoms with van der Waals surface area (Å²) >= 11 is 2.79. The molecule has 1 saturated heterocycles. The van der Waals surface area contributed by atoms with Gasteiger partial charge in [-0.1, -0.05) is 12.1 Å². The van der Waals surface area contributed by atoms with Crippen LogP contribution < -0.4 is 10.0 Å². The molecule has 1 unspecified atom stereocenters. The Bertz CT molecular complexity index is 1120. The number of rotatable bonds is 7. The van der Waals surface area contributed by atoms with E-state index in [0.717, 1.165) is 29.1 Å². The van der Waals surface area contributed by atoms with Gasteiger partial charge in [-0.2, -0.15) is 16.1 Å². The minimum Gasteiger partial charge on any atom is -0.345 e. The van der Waals surface area contributed by atoms with Crippen molar-refractivity contribution in [2.45, 2.75) is 17.9 Å². The van der Waals surface area contributed by atoms with Crippen LogP contribution in [0, 0.1) is 0 Å². The Hall–Kier alpha value is -1.60. The quantitative estimate of drug-likeness (QED) is 0.617. The molecule has 0 aliphatic carbocycles. The molecule has 1 aliphatic heterocycles. The molecule has 0 bridgehead atoms. The summed E-state index contributed by atoms with van der Waals surface area (Å²) in [6, 6.07) is 7.70. The Balaban J connectivity index is 1.77. The molecule has 12 heteroatoms. The first kappa shape index (κ1) is 23.1. The molecule has 8 nitrogen and oxygen atoms in total. The van der Waals surface area contributed by atoms with Crippen LogP contribution in [0.15, 0.2) is 40.6 Å². The maximum atomic E-state index is 13.0. The molecule has 2 heterocycles. The fourth-order valence-corrected chi connectivity index (χ4v) is 7.46. The van der Waals surface area contributed by atoms with Crippen LogP contribution in [0.5, 0.6) is 0 Å². The van der Waals surface area contributed by atoms with Crippen molar-refractivity contribution in [1.29, 1.82) is 0 Å². The van der Waals surface area contributed by atoms with E-state index in [4.69, 9.17) is 0 Å². The predicted octanol–water partition coefficient (Wildman–Crippen LogP) is 2.35. The first-order chi connectivity index (χ1) is 14.1. The monoisotopic (exact) mass is 489 g/mol. The van der Waals surface area contributed by atoms with Gasteiger partial charge in [0.05, 0.1) is 12.3 Å². The fraction of sp³-hybridized carbons (Fsp3) is 0.389. The Morgan fingerprint density at radius 1 is 1.13 bits per heavy atom. The number of sulfonamides is 2. The van der Waals surface area contributed by atoms with Gasteiger partial charge in [0.2, 0.25) is 20.0 Å². The molecule has 1 amide bonds. The minimum absolute atomic E-state index is 0.0246. The van der Waals surface area contributed by atoms with Crippen LogP contribution in [0.3, 0.4) is 0 Å². The van der Waals surface area contributed by atoms with Crippen LogP contribution >= 0.6 is 23.1 Å². The molecule has 0 radical (unpaired) electrons. The number of carbonyl (C=O) groups is 1. The lowest BCUT2D eigenvalue weighted by Crippen LogP contribution is -2.38. The van der Waals surface area contributed by atoms with E-state index in [2.05, 4.69) is 10.0 Å². The number of anilines is 1. The van der Waals surface area contributed by atoms with Crippen molar-refractivity contribution in [2.75, 3.05) is 35.6 Å². The lowest BCUT2D eigenvalue weighted by atomic mass is 10.1. The molecule has 1 aromatic carbocycles. The standard InChI is InChI=1S/C18H23N3O5S4/c1-13(14-4-3-5-15(12-14)20-29(2,23)24)19-18(22)17-16(6-9-28-17)30(25,26)21-7-10-27-11-8-21/h3-6,9,12-13,20H,7-8,10-11H2,1-2H3,(H,19,22). The number of thiophene rings is 1. The van der Waals surface area contributed by atoms with Crippen molar-refractivity contribution in [2.24, 2.45) is 0 Å². The largest absolute Gasteiger partial charge is 0.345 e. The number of benzene rings is 1. The van der Waals surface area contributed by atoms with Gasteiger partial charge in [-0.15, -0.1) is 11.3 Å². The Labute approximate surface area is 185 Å². The Kier molecular flexibility index (Phi) is 7.13. The van der Waals surface area contributed by atoms with Gasteiger partial charge in [0, 0.05) is 30.3 Å². The second-order valence-corrected chi connectivity index (χ2v) is 12.6. The van der Waals surface area contributed by atoms with E-state index in [1.165, 1.54) is 10.4 Å². The summed E-state index contributed by atoms with van der Waals surface area (Å²) in [4.78, 5) is 13.0. The van der Waals surface area contributed by atoms with E-state index >= 15 is 0 Å². The van der Waals surface area contributed by atoms with E-state index in [9.17, 15) is 21.6 Å². The third-order valence-corrected chi connectivity index (χ3v) is 8.99. The van der Waals surface area contributed by atoms with Crippen LogP contribution in [-0.4, -0.2) is 57.9 Å². The molecule has 1 aliphatic rings. The molecule has 164 valence electrons. The molecule has 2 aromatic rings. The lowest BCUT2D eigenvalue weighted by Gasteiger charge is -2.25. The van der Waals surface area contributed by atoms with Crippen molar-refractivity contribution >= 4 is 54.7 Å². The van der Waals surface area contributed by atoms with Gasteiger partial charge in [0.15, 0.2) is 0 Å². The average molecular weight is 490 g/mol. The zero-order valence-electron chi connectivity index (χ0n) is 16.5. The summed E-state index contributed by atoms with van der Waals surface area (Å²) in [5.41, 5.74) is 1.07. The highest BCUT2D eigenvalue weighted by molar-refractivity contribution is 7.99. The van der Waals surface area contributed by atoms with Crippen molar-refractivity contribution in [3.05, 3.63) is 46.2 Å². The Morgan fingerprint density at radius 3 is 2.50 bits per heavy atom. The van der Waals surface area contributed by atoms with E-state index in [0.29, 0.717) is 24.3 Å². The highest BCUT2D eigenvalue weighted by Crippen LogP contribution is 2.28. The van der Waals surface area contributed by atoms with Crippen molar-refractivity contribution in [3.63, 3.8) is 0 Å². The zero-order valence-corrected chi connectivity index (χ0v) is 19.8. The van der Waals surface area contributed by atoms with Crippen LogP contribution in [0.25, 0.3) is 0 Å². The number of thioether (sulfide) groups is 1. The van der Waals surface area contributed by atoms with Gasteiger partial charge in [-0.3, -0.25) is 9.52 Å². The average Bonchev–Trinajstić information content (AvgIpc) is 3.18. The van der Waals surface area contributed by atoms with Gasteiger partial charge >= 0.3 is 0 Å². The number of hydrogen-bond acceptors (Lipinski definition) is 7. The van der Waals surface area contributed by atoms with Crippen molar-refractivity contribution < 1.29 is 21.6 Å². The lowest BCUT2D eigenvalue weighted by molar-refractivity contribution is 0.0941. The highest BCUT2D eigenvalue weighted by Gasteiger charge is 2.31. The number of amides is 1. The van der Waals surface area contributed by atoms with E-state index < -0.39 is 32.0 Å². The molecule has 3 rings (SSSR count). The molecule has 1 atom stereocenters.